The van der Waals surface area contributed by atoms with Gasteiger partial charge in [-0.15, -0.1) is 0 Å². The maximum Gasteiger partial charge on any atom is 0.148 e. The molecule has 0 saturated heterocycles. The van der Waals surface area contributed by atoms with Gasteiger partial charge in [0.05, 0.1) is 22.8 Å². The molecular formula is C23H28O4. The van der Waals surface area contributed by atoms with Gasteiger partial charge >= 0.3 is 0 Å². The third-order valence-electron chi connectivity index (χ3n) is 5.70. The molecule has 0 unspecified atom stereocenters. The minimum absolute atomic E-state index is 0.0398. The van der Waals surface area contributed by atoms with Crippen molar-refractivity contribution < 1.29 is 19.3 Å². The number of rotatable bonds is 2. The summed E-state index contributed by atoms with van der Waals surface area (Å²) in [6, 6.07) is 0. The van der Waals surface area contributed by atoms with Crippen molar-refractivity contribution in [3.8, 4) is 17.2 Å². The molecule has 0 bridgehead atoms. The second kappa shape index (κ2) is 6.16. The second-order valence-electron chi connectivity index (χ2n) is 8.34. The summed E-state index contributed by atoms with van der Waals surface area (Å²) in [4.78, 5) is 0. The van der Waals surface area contributed by atoms with Gasteiger partial charge in [0.2, 0.25) is 0 Å². The molecule has 4 nitrogen and oxygen atoms in total. The Morgan fingerprint density at radius 2 is 1.93 bits per heavy atom. The first kappa shape index (κ1) is 18.2. The summed E-state index contributed by atoms with van der Waals surface area (Å²) in [5.74, 6) is 2.62. The van der Waals surface area contributed by atoms with Crippen LogP contribution >= 0.6 is 0 Å². The summed E-state index contributed by atoms with van der Waals surface area (Å²) >= 11 is 0. The topological polar surface area (TPSA) is 47.9 Å². The van der Waals surface area contributed by atoms with Crippen LogP contribution in [0.5, 0.6) is 17.2 Å². The molecule has 1 aromatic rings. The first-order valence-electron chi connectivity index (χ1n) is 9.78. The standard InChI is InChI=1S/C23H28O4/c1-7-8-15-11-12(2)25-22-17(15)21-16(9-10-23(5,6)27-21)20-18(22)19(24)13(3)14(4)26-20/h9-11,13-14,19,24H,2,7-8H2,1,3-6H3/t13-,14-,19-/m1/s1. The van der Waals surface area contributed by atoms with Crippen LogP contribution in [0.4, 0.5) is 0 Å². The molecule has 0 saturated carbocycles. The lowest BCUT2D eigenvalue weighted by Crippen LogP contribution is -2.35. The molecule has 0 spiro atoms. The van der Waals surface area contributed by atoms with E-state index in [2.05, 4.69) is 19.6 Å². The van der Waals surface area contributed by atoms with E-state index in [0.717, 1.165) is 35.3 Å². The van der Waals surface area contributed by atoms with Gasteiger partial charge in [-0.25, -0.2) is 0 Å². The zero-order valence-electron chi connectivity index (χ0n) is 16.8. The quantitative estimate of drug-likeness (QED) is 0.758. The Morgan fingerprint density at radius 3 is 2.63 bits per heavy atom. The van der Waals surface area contributed by atoms with Crippen molar-refractivity contribution in [2.45, 2.75) is 65.3 Å². The zero-order chi connectivity index (χ0) is 19.5. The van der Waals surface area contributed by atoms with Crippen LogP contribution < -0.4 is 14.2 Å². The van der Waals surface area contributed by atoms with Gasteiger partial charge in [-0.2, -0.15) is 0 Å². The highest BCUT2D eigenvalue weighted by atomic mass is 16.5. The van der Waals surface area contributed by atoms with Gasteiger partial charge in [-0.1, -0.05) is 26.8 Å². The smallest absolute Gasteiger partial charge is 0.148 e. The fourth-order valence-electron chi connectivity index (χ4n) is 4.06. The van der Waals surface area contributed by atoms with Crippen LogP contribution in [0.15, 0.2) is 24.5 Å². The molecule has 144 valence electrons. The highest BCUT2D eigenvalue weighted by Crippen LogP contribution is 2.57. The lowest BCUT2D eigenvalue weighted by Gasteiger charge is -2.40. The number of allylic oxidation sites excluding steroid dienone is 2. The largest absolute Gasteiger partial charge is 0.489 e. The molecule has 3 heterocycles. The number of benzene rings is 1. The molecule has 3 aliphatic heterocycles. The van der Waals surface area contributed by atoms with E-state index in [4.69, 9.17) is 14.2 Å². The lowest BCUT2D eigenvalue weighted by atomic mass is 9.82. The van der Waals surface area contributed by atoms with Crippen LogP contribution in [0, 0.1) is 5.92 Å². The van der Waals surface area contributed by atoms with E-state index in [1.807, 2.05) is 39.8 Å². The minimum atomic E-state index is -0.667. The van der Waals surface area contributed by atoms with E-state index < -0.39 is 11.7 Å². The number of aliphatic hydroxyl groups is 1. The number of fused-ring (bicyclic) bond motifs is 6. The van der Waals surface area contributed by atoms with Crippen LogP contribution in [0.2, 0.25) is 0 Å². The SMILES string of the molecule is C=C1C=C(CCC)c2c3c(c4c(c2O1)[C@H](O)[C@H](C)[C@@H](C)O4)C=CC(C)(C)O3. The van der Waals surface area contributed by atoms with Gasteiger partial charge < -0.3 is 19.3 Å². The van der Waals surface area contributed by atoms with Crippen molar-refractivity contribution >= 4 is 11.6 Å². The number of ether oxygens (including phenoxy) is 3. The van der Waals surface area contributed by atoms with Gasteiger partial charge in [0.1, 0.15) is 34.7 Å². The van der Waals surface area contributed by atoms with E-state index >= 15 is 0 Å². The van der Waals surface area contributed by atoms with Crippen LogP contribution in [-0.4, -0.2) is 16.8 Å². The maximum absolute atomic E-state index is 11.1. The molecule has 27 heavy (non-hydrogen) atoms. The van der Waals surface area contributed by atoms with Gasteiger partial charge in [0, 0.05) is 5.92 Å². The van der Waals surface area contributed by atoms with Crippen molar-refractivity contribution in [1.82, 2.24) is 0 Å². The van der Waals surface area contributed by atoms with Crippen LogP contribution in [0.1, 0.15) is 70.3 Å². The summed E-state index contributed by atoms with van der Waals surface area (Å²) in [6.45, 7) is 14.2. The number of hydrogen-bond acceptors (Lipinski definition) is 4. The van der Waals surface area contributed by atoms with E-state index in [-0.39, 0.29) is 12.0 Å². The van der Waals surface area contributed by atoms with E-state index in [1.165, 1.54) is 0 Å². The Labute approximate surface area is 161 Å². The third-order valence-corrected chi connectivity index (χ3v) is 5.70. The van der Waals surface area contributed by atoms with Crippen molar-refractivity contribution in [2.75, 3.05) is 0 Å². The Morgan fingerprint density at radius 1 is 1.19 bits per heavy atom. The van der Waals surface area contributed by atoms with Gasteiger partial charge in [-0.05, 0) is 51.0 Å². The average molecular weight is 368 g/mol. The van der Waals surface area contributed by atoms with E-state index in [1.54, 1.807) is 0 Å². The highest BCUT2D eigenvalue weighted by molar-refractivity contribution is 5.87. The summed E-state index contributed by atoms with van der Waals surface area (Å²) in [5.41, 5.74) is 3.24. The van der Waals surface area contributed by atoms with Crippen molar-refractivity contribution in [3.63, 3.8) is 0 Å². The zero-order valence-corrected chi connectivity index (χ0v) is 16.8. The van der Waals surface area contributed by atoms with E-state index in [9.17, 15) is 5.11 Å². The average Bonchev–Trinajstić information content (AvgIpc) is 2.58. The summed E-state index contributed by atoms with van der Waals surface area (Å²) in [6.07, 6.45) is 7.19. The molecule has 1 N–H and O–H groups in total. The molecule has 0 amide bonds. The second-order valence-corrected chi connectivity index (χ2v) is 8.34. The molecule has 0 aromatic heterocycles. The molecule has 0 fully saturated rings. The highest BCUT2D eigenvalue weighted by Gasteiger charge is 2.42. The molecule has 4 heteroatoms. The summed E-state index contributed by atoms with van der Waals surface area (Å²) < 4.78 is 18.7. The predicted molar refractivity (Wildman–Crippen MR) is 107 cm³/mol. The number of hydrogen-bond donors (Lipinski definition) is 1. The molecule has 3 aliphatic rings. The van der Waals surface area contributed by atoms with Crippen molar-refractivity contribution in [1.29, 1.82) is 0 Å². The predicted octanol–water partition coefficient (Wildman–Crippen LogP) is 5.41. The monoisotopic (exact) mass is 368 g/mol. The van der Waals surface area contributed by atoms with Gasteiger partial charge in [0.15, 0.2) is 0 Å². The van der Waals surface area contributed by atoms with Crippen LogP contribution in [0.3, 0.4) is 0 Å². The Balaban J connectivity index is 2.06. The Bertz CT molecular complexity index is 875. The molecule has 3 atom stereocenters. The van der Waals surface area contributed by atoms with Crippen LogP contribution in [-0.2, 0) is 0 Å². The van der Waals surface area contributed by atoms with E-state index in [0.29, 0.717) is 22.8 Å². The molecule has 0 radical (unpaired) electrons. The summed E-state index contributed by atoms with van der Waals surface area (Å²) in [7, 11) is 0. The molecule has 1 aromatic carbocycles. The minimum Gasteiger partial charge on any atom is -0.489 e. The fraction of sp³-hybridized carbons (Fsp3) is 0.478. The van der Waals surface area contributed by atoms with Gasteiger partial charge in [-0.3, -0.25) is 0 Å². The molecule has 4 rings (SSSR count). The number of aliphatic hydroxyl groups excluding tert-OH is 1. The molecule has 0 aliphatic carbocycles. The first-order chi connectivity index (χ1) is 12.7. The van der Waals surface area contributed by atoms with Gasteiger partial charge in [0.25, 0.3) is 0 Å². The van der Waals surface area contributed by atoms with Crippen molar-refractivity contribution in [3.05, 3.63) is 41.2 Å². The molecular weight excluding hydrogens is 340 g/mol. The first-order valence-corrected chi connectivity index (χ1v) is 9.78. The Hall–Kier alpha value is -2.20. The maximum atomic E-state index is 11.1. The lowest BCUT2D eigenvalue weighted by molar-refractivity contribution is 0.0149. The van der Waals surface area contributed by atoms with Crippen LogP contribution in [0.25, 0.3) is 11.6 Å². The van der Waals surface area contributed by atoms with Crippen molar-refractivity contribution in [2.24, 2.45) is 5.92 Å². The Kier molecular flexibility index (Phi) is 4.15. The normalized spacial score (nSPS) is 27.4. The third kappa shape index (κ3) is 2.78. The fourth-order valence-corrected chi connectivity index (χ4v) is 4.06. The summed E-state index contributed by atoms with van der Waals surface area (Å²) in [5, 5.41) is 11.1.